The highest BCUT2D eigenvalue weighted by Gasteiger charge is 2.03. The Kier molecular flexibility index (Phi) is 7.73. The molecule has 0 radical (unpaired) electrons. The number of hydrogen-bond donors (Lipinski definition) is 0. The second kappa shape index (κ2) is 13.3. The van der Waals surface area contributed by atoms with E-state index >= 15 is 0 Å². The minimum Gasteiger partial charge on any atom is -0.0616 e. The normalized spacial score (nSPS) is 11.3. The van der Waals surface area contributed by atoms with E-state index in [0.29, 0.717) is 0 Å². The summed E-state index contributed by atoms with van der Waals surface area (Å²) in [6.07, 6.45) is 4.41. The average molecular weight is 681 g/mol. The van der Waals surface area contributed by atoms with E-state index in [1.807, 2.05) is 0 Å². The fourth-order valence-corrected chi connectivity index (χ4v) is 7.41. The van der Waals surface area contributed by atoms with E-state index < -0.39 is 0 Å². The number of benzene rings is 10. The maximum atomic E-state index is 3.38. The molecule has 0 saturated heterocycles. The molecule has 0 fully saturated rings. The average Bonchev–Trinajstić information content (AvgIpc) is 3.22. The van der Waals surface area contributed by atoms with E-state index in [1.165, 1.54) is 75.8 Å². The molecule has 248 valence electrons. The Balaban J connectivity index is 0.872. The van der Waals surface area contributed by atoms with Gasteiger partial charge < -0.3 is 0 Å². The highest BCUT2D eigenvalue weighted by Crippen LogP contribution is 2.28. The van der Waals surface area contributed by atoms with E-state index in [0.717, 1.165) is 22.3 Å². The van der Waals surface area contributed by atoms with Crippen LogP contribution in [0.4, 0.5) is 0 Å². The second-order valence-electron chi connectivity index (χ2n) is 14.0. The lowest BCUT2D eigenvalue weighted by Gasteiger charge is -2.06. The van der Waals surface area contributed by atoms with E-state index in [4.69, 9.17) is 0 Å². The van der Waals surface area contributed by atoms with Gasteiger partial charge in [0.25, 0.3) is 0 Å². The molecule has 10 aromatic carbocycles. The van der Waals surface area contributed by atoms with Gasteiger partial charge in [-0.15, -0.1) is 0 Å². The molecule has 0 aromatic heterocycles. The fourth-order valence-electron chi connectivity index (χ4n) is 7.41. The van der Waals surface area contributed by atoms with Gasteiger partial charge in [-0.25, -0.2) is 0 Å². The Morgan fingerprint density at radius 1 is 0.222 bits per heavy atom. The van der Waals surface area contributed by atoms with Crippen molar-refractivity contribution in [2.75, 3.05) is 0 Å². The van der Waals surface area contributed by atoms with Crippen molar-refractivity contribution >= 4 is 76.8 Å². The summed E-state index contributed by atoms with van der Waals surface area (Å²) in [5.41, 5.74) is 6.44. The SMILES string of the molecule is C(#Cc1ccc2cc3cc(/C=C/c4ccc5cc6cc(C#Cc7ccc8ccccc8c7)ccc6cc5c4)ccc3cc2c1)c1ccc2ccccc2c1. The molecular formula is C54H32. The third-order valence-corrected chi connectivity index (χ3v) is 10.3. The predicted molar refractivity (Wildman–Crippen MR) is 232 cm³/mol. The summed E-state index contributed by atoms with van der Waals surface area (Å²) in [7, 11) is 0. The molecule has 0 N–H and O–H groups in total. The first-order valence-corrected chi connectivity index (χ1v) is 18.3. The zero-order chi connectivity index (χ0) is 35.8. The topological polar surface area (TPSA) is 0 Å². The molecule has 0 amide bonds. The molecule has 0 aliphatic carbocycles. The lowest BCUT2D eigenvalue weighted by atomic mass is 9.99. The first-order valence-electron chi connectivity index (χ1n) is 18.3. The largest absolute Gasteiger partial charge is 0.0616 e. The second-order valence-corrected chi connectivity index (χ2v) is 14.0. The number of rotatable bonds is 2. The van der Waals surface area contributed by atoms with Crippen LogP contribution < -0.4 is 0 Å². The maximum absolute atomic E-state index is 3.38. The summed E-state index contributed by atoms with van der Waals surface area (Å²) in [6, 6.07) is 65.1. The molecule has 0 heterocycles. The third-order valence-electron chi connectivity index (χ3n) is 10.3. The van der Waals surface area contributed by atoms with Gasteiger partial charge in [0.1, 0.15) is 0 Å². The maximum Gasteiger partial charge on any atom is 0.0255 e. The van der Waals surface area contributed by atoms with Crippen molar-refractivity contribution in [1.82, 2.24) is 0 Å². The van der Waals surface area contributed by atoms with Gasteiger partial charge in [-0.05, 0) is 161 Å². The Morgan fingerprint density at radius 2 is 0.500 bits per heavy atom. The molecule has 0 saturated carbocycles. The van der Waals surface area contributed by atoms with Crippen LogP contribution in [0.5, 0.6) is 0 Å². The quantitative estimate of drug-likeness (QED) is 0.0968. The molecule has 10 aromatic rings. The minimum absolute atomic E-state index is 1.02. The molecule has 0 atom stereocenters. The lowest BCUT2D eigenvalue weighted by molar-refractivity contribution is 1.67. The van der Waals surface area contributed by atoms with Crippen LogP contribution in [0.3, 0.4) is 0 Å². The van der Waals surface area contributed by atoms with Crippen molar-refractivity contribution in [2.24, 2.45) is 0 Å². The summed E-state index contributed by atoms with van der Waals surface area (Å²) in [5, 5.41) is 14.6. The van der Waals surface area contributed by atoms with Gasteiger partial charge in [0.15, 0.2) is 0 Å². The highest BCUT2D eigenvalue weighted by molar-refractivity contribution is 6.01. The van der Waals surface area contributed by atoms with Crippen molar-refractivity contribution in [3.8, 4) is 23.7 Å². The van der Waals surface area contributed by atoms with Gasteiger partial charge >= 0.3 is 0 Å². The standard InChI is InChI=1S/C54H32/c1-3-7-45-27-37(15-21-43(45)5-1)9-11-39-17-23-47-35-53-31-41(19-25-49(53)33-51(47)29-39)13-14-42-20-26-50-34-52-30-40(18-24-48(52)36-54(50)32-42)12-10-38-16-22-44-6-2-4-8-46(44)28-38/h1-8,13-36H/b14-13+. The molecule has 54 heavy (non-hydrogen) atoms. The third kappa shape index (κ3) is 6.35. The summed E-state index contributed by atoms with van der Waals surface area (Å²) in [6.45, 7) is 0. The Morgan fingerprint density at radius 3 is 0.889 bits per heavy atom. The molecular weight excluding hydrogens is 649 g/mol. The van der Waals surface area contributed by atoms with Crippen LogP contribution in [-0.2, 0) is 0 Å². The molecule has 0 spiro atoms. The molecule has 0 nitrogen and oxygen atoms in total. The summed E-state index contributed by atoms with van der Waals surface area (Å²) in [4.78, 5) is 0. The lowest BCUT2D eigenvalue weighted by Crippen LogP contribution is -1.82. The molecule has 10 rings (SSSR count). The minimum atomic E-state index is 1.02. The van der Waals surface area contributed by atoms with Crippen LogP contribution in [0.15, 0.2) is 182 Å². The van der Waals surface area contributed by atoms with Crippen molar-refractivity contribution < 1.29 is 0 Å². The van der Waals surface area contributed by atoms with Gasteiger partial charge in [0.05, 0.1) is 0 Å². The van der Waals surface area contributed by atoms with Gasteiger partial charge in [-0.2, -0.15) is 0 Å². The molecule has 0 aliphatic rings. The molecule has 0 aliphatic heterocycles. The summed E-state index contributed by atoms with van der Waals surface area (Å²) < 4.78 is 0. The summed E-state index contributed by atoms with van der Waals surface area (Å²) in [5.74, 6) is 13.5. The van der Waals surface area contributed by atoms with Crippen LogP contribution in [0.25, 0.3) is 76.8 Å². The van der Waals surface area contributed by atoms with Gasteiger partial charge in [-0.1, -0.05) is 133 Å². The van der Waals surface area contributed by atoms with Crippen molar-refractivity contribution in [1.29, 1.82) is 0 Å². The van der Waals surface area contributed by atoms with Crippen LogP contribution in [-0.4, -0.2) is 0 Å². The Bertz CT molecular complexity index is 3060. The number of fused-ring (bicyclic) bond motifs is 6. The van der Waals surface area contributed by atoms with E-state index in [9.17, 15) is 0 Å². The van der Waals surface area contributed by atoms with Gasteiger partial charge in [0.2, 0.25) is 0 Å². The smallest absolute Gasteiger partial charge is 0.0255 e. The van der Waals surface area contributed by atoms with Crippen LogP contribution in [0.2, 0.25) is 0 Å². The summed E-state index contributed by atoms with van der Waals surface area (Å²) >= 11 is 0. The number of hydrogen-bond acceptors (Lipinski definition) is 0. The zero-order valence-corrected chi connectivity index (χ0v) is 29.5. The molecule has 0 bridgehead atoms. The molecule has 0 unspecified atom stereocenters. The van der Waals surface area contributed by atoms with Crippen molar-refractivity contribution in [3.63, 3.8) is 0 Å². The zero-order valence-electron chi connectivity index (χ0n) is 29.5. The predicted octanol–water partition coefficient (Wildman–Crippen LogP) is 13.6. The molecule has 0 heteroatoms. The van der Waals surface area contributed by atoms with E-state index in [1.54, 1.807) is 0 Å². The van der Waals surface area contributed by atoms with Crippen LogP contribution in [0.1, 0.15) is 33.4 Å². The first kappa shape index (κ1) is 31.4. The van der Waals surface area contributed by atoms with Crippen molar-refractivity contribution in [2.45, 2.75) is 0 Å². The van der Waals surface area contributed by atoms with Crippen LogP contribution >= 0.6 is 0 Å². The Hall–Kier alpha value is -7.38. The van der Waals surface area contributed by atoms with Crippen molar-refractivity contribution in [3.05, 3.63) is 215 Å². The Labute approximate surface area is 314 Å². The van der Waals surface area contributed by atoms with E-state index in [-0.39, 0.29) is 0 Å². The highest BCUT2D eigenvalue weighted by atomic mass is 14.1. The van der Waals surface area contributed by atoms with E-state index in [2.05, 4.69) is 218 Å². The van der Waals surface area contributed by atoms with Gasteiger partial charge in [0, 0.05) is 22.3 Å². The first-order chi connectivity index (χ1) is 26.6. The fraction of sp³-hybridized carbons (Fsp3) is 0. The van der Waals surface area contributed by atoms with Gasteiger partial charge in [-0.3, -0.25) is 0 Å². The monoisotopic (exact) mass is 680 g/mol. The van der Waals surface area contributed by atoms with Crippen LogP contribution in [0, 0.1) is 23.7 Å².